The van der Waals surface area contributed by atoms with Crippen LogP contribution in [0.2, 0.25) is 5.02 Å². The van der Waals surface area contributed by atoms with Crippen molar-refractivity contribution >= 4 is 40.6 Å². The minimum atomic E-state index is -0.345. The second kappa shape index (κ2) is 12.0. The van der Waals surface area contributed by atoms with Crippen molar-refractivity contribution in [3.8, 4) is 17.2 Å². The molecule has 1 aliphatic rings. The molecule has 4 rings (SSSR count). The van der Waals surface area contributed by atoms with E-state index in [2.05, 4.69) is 0 Å². The number of thioether (sulfide) groups is 1. The molecule has 0 aliphatic carbocycles. The Morgan fingerprint density at radius 2 is 1.67 bits per heavy atom. The van der Waals surface area contributed by atoms with Gasteiger partial charge in [-0.1, -0.05) is 47.5 Å². The van der Waals surface area contributed by atoms with E-state index in [1.54, 1.807) is 30.3 Å². The molecule has 1 heterocycles. The highest BCUT2D eigenvalue weighted by Crippen LogP contribution is 2.35. The molecule has 0 radical (unpaired) electrons. The summed E-state index contributed by atoms with van der Waals surface area (Å²) in [5.74, 6) is 1.47. The van der Waals surface area contributed by atoms with Crippen LogP contribution in [0.15, 0.2) is 71.6 Å². The number of carbonyl (C=O) groups is 2. The largest absolute Gasteiger partial charge is 0.492 e. The van der Waals surface area contributed by atoms with Gasteiger partial charge in [0.2, 0.25) is 0 Å². The fourth-order valence-electron chi connectivity index (χ4n) is 3.48. The lowest BCUT2D eigenvalue weighted by atomic mass is 10.1. The van der Waals surface area contributed by atoms with Gasteiger partial charge in [0.05, 0.1) is 18.1 Å². The maximum atomic E-state index is 12.9. The first-order chi connectivity index (χ1) is 17.4. The molecule has 3 aromatic carbocycles. The molecule has 36 heavy (non-hydrogen) atoms. The third-order valence-electron chi connectivity index (χ3n) is 5.35. The van der Waals surface area contributed by atoms with Gasteiger partial charge in [-0.05, 0) is 79.2 Å². The number of hydrogen-bond donors (Lipinski definition) is 0. The number of nitrogens with zero attached hydrogens (tertiary/aromatic N) is 1. The van der Waals surface area contributed by atoms with Crippen LogP contribution in [0.25, 0.3) is 6.08 Å². The second-order valence-electron chi connectivity index (χ2n) is 8.05. The molecule has 0 saturated carbocycles. The molecule has 1 saturated heterocycles. The van der Waals surface area contributed by atoms with Gasteiger partial charge in [-0.2, -0.15) is 0 Å². The van der Waals surface area contributed by atoms with Crippen LogP contribution in [0.1, 0.15) is 23.6 Å². The van der Waals surface area contributed by atoms with Crippen molar-refractivity contribution in [2.45, 2.75) is 20.5 Å². The Labute approximate surface area is 219 Å². The summed E-state index contributed by atoms with van der Waals surface area (Å²) in [6, 6.07) is 20.5. The summed E-state index contributed by atoms with van der Waals surface area (Å²) in [7, 11) is 0. The topological polar surface area (TPSA) is 65.1 Å². The van der Waals surface area contributed by atoms with Gasteiger partial charge in [0.15, 0.2) is 11.5 Å². The van der Waals surface area contributed by atoms with E-state index in [1.165, 1.54) is 10.5 Å². The number of carbonyl (C=O) groups excluding carboxylic acids is 2. The maximum Gasteiger partial charge on any atom is 0.293 e. The fraction of sp³-hybridized carbons (Fsp3) is 0.214. The van der Waals surface area contributed by atoms with Crippen molar-refractivity contribution in [3.05, 3.63) is 93.3 Å². The second-order valence-corrected chi connectivity index (χ2v) is 9.48. The van der Waals surface area contributed by atoms with Crippen molar-refractivity contribution in [1.82, 2.24) is 4.90 Å². The smallest absolute Gasteiger partial charge is 0.293 e. The summed E-state index contributed by atoms with van der Waals surface area (Å²) in [4.78, 5) is 26.8. The Morgan fingerprint density at radius 3 is 2.39 bits per heavy atom. The van der Waals surface area contributed by atoms with E-state index in [4.69, 9.17) is 25.8 Å². The standard InChI is InChI=1S/C28H26ClNO5S/c1-3-33-25-16-21(8-13-24(25)35-18-20-6-4-19(2)5-7-20)17-26-27(31)30(28(32)36-26)14-15-34-23-11-9-22(29)10-12-23/h4-13,16-17H,3,14-15,18H2,1-2H3/b26-17-. The molecule has 1 fully saturated rings. The minimum Gasteiger partial charge on any atom is -0.492 e. The number of rotatable bonds is 10. The van der Waals surface area contributed by atoms with E-state index >= 15 is 0 Å². The predicted molar refractivity (Wildman–Crippen MR) is 143 cm³/mol. The zero-order valence-electron chi connectivity index (χ0n) is 20.0. The molecule has 0 N–H and O–H groups in total. The molecule has 0 spiro atoms. The quantitative estimate of drug-likeness (QED) is 0.274. The lowest BCUT2D eigenvalue weighted by Crippen LogP contribution is -2.32. The lowest BCUT2D eigenvalue weighted by Gasteiger charge is -2.13. The van der Waals surface area contributed by atoms with Crippen molar-refractivity contribution in [3.63, 3.8) is 0 Å². The molecule has 0 unspecified atom stereocenters. The Morgan fingerprint density at radius 1 is 0.917 bits per heavy atom. The molecule has 1 aliphatic heterocycles. The van der Waals surface area contributed by atoms with Crippen molar-refractivity contribution in [2.24, 2.45) is 0 Å². The number of halogens is 1. The van der Waals surface area contributed by atoms with E-state index in [9.17, 15) is 9.59 Å². The summed E-state index contributed by atoms with van der Waals surface area (Å²) in [6.07, 6.45) is 1.69. The van der Waals surface area contributed by atoms with Gasteiger partial charge in [0, 0.05) is 5.02 Å². The molecular weight excluding hydrogens is 498 g/mol. The zero-order chi connectivity index (χ0) is 25.5. The fourth-order valence-corrected chi connectivity index (χ4v) is 4.47. The SMILES string of the molecule is CCOc1cc(/C=C2\SC(=O)N(CCOc3ccc(Cl)cc3)C2=O)ccc1OCc1ccc(C)cc1. The molecule has 0 bridgehead atoms. The zero-order valence-corrected chi connectivity index (χ0v) is 21.6. The molecule has 8 heteroatoms. The minimum absolute atomic E-state index is 0.153. The van der Waals surface area contributed by atoms with Gasteiger partial charge in [0.25, 0.3) is 11.1 Å². The van der Waals surface area contributed by atoms with Crippen LogP contribution in [0.4, 0.5) is 4.79 Å². The van der Waals surface area contributed by atoms with E-state index in [0.29, 0.717) is 40.4 Å². The Balaban J connectivity index is 1.41. The summed E-state index contributed by atoms with van der Waals surface area (Å²) < 4.78 is 17.4. The molecule has 3 aromatic rings. The first-order valence-electron chi connectivity index (χ1n) is 11.5. The van der Waals surface area contributed by atoms with E-state index in [0.717, 1.165) is 22.9 Å². The molecule has 0 atom stereocenters. The highest BCUT2D eigenvalue weighted by molar-refractivity contribution is 8.18. The van der Waals surface area contributed by atoms with E-state index < -0.39 is 0 Å². The van der Waals surface area contributed by atoms with Crippen LogP contribution in [0, 0.1) is 6.92 Å². The predicted octanol–water partition coefficient (Wildman–Crippen LogP) is 6.74. The number of amides is 2. The molecule has 6 nitrogen and oxygen atoms in total. The van der Waals surface area contributed by atoms with Gasteiger partial charge in [-0.3, -0.25) is 14.5 Å². The monoisotopic (exact) mass is 523 g/mol. The normalized spacial score (nSPS) is 14.4. The number of aryl methyl sites for hydroxylation is 1. The number of ether oxygens (including phenoxy) is 3. The molecule has 2 amide bonds. The first kappa shape index (κ1) is 25.7. The summed E-state index contributed by atoms with van der Waals surface area (Å²) in [6.45, 7) is 5.16. The highest BCUT2D eigenvalue weighted by Gasteiger charge is 2.34. The van der Waals surface area contributed by atoms with Crippen molar-refractivity contribution in [1.29, 1.82) is 0 Å². The van der Waals surface area contributed by atoms with Crippen LogP contribution < -0.4 is 14.2 Å². The van der Waals surface area contributed by atoms with Crippen LogP contribution in [-0.4, -0.2) is 35.8 Å². The number of hydrogen-bond acceptors (Lipinski definition) is 6. The maximum absolute atomic E-state index is 12.9. The average molecular weight is 524 g/mol. The van der Waals surface area contributed by atoms with E-state index in [-0.39, 0.29) is 24.3 Å². The van der Waals surface area contributed by atoms with Gasteiger partial charge in [-0.15, -0.1) is 0 Å². The van der Waals surface area contributed by atoms with Crippen LogP contribution in [-0.2, 0) is 11.4 Å². The van der Waals surface area contributed by atoms with E-state index in [1.807, 2.05) is 56.3 Å². The lowest BCUT2D eigenvalue weighted by molar-refractivity contribution is -0.123. The van der Waals surface area contributed by atoms with Crippen LogP contribution in [0.3, 0.4) is 0 Å². The number of imide groups is 1. The highest BCUT2D eigenvalue weighted by atomic mass is 35.5. The Hall–Kier alpha value is -3.42. The Bertz CT molecular complexity index is 1260. The first-order valence-corrected chi connectivity index (χ1v) is 12.7. The van der Waals surface area contributed by atoms with Gasteiger partial charge in [-0.25, -0.2) is 0 Å². The molecular formula is C28H26ClNO5S. The summed E-state index contributed by atoms with van der Waals surface area (Å²) in [5, 5.41) is 0.283. The molecule has 0 aromatic heterocycles. The third-order valence-corrected chi connectivity index (χ3v) is 6.51. The Kier molecular flexibility index (Phi) is 8.57. The third kappa shape index (κ3) is 6.62. The van der Waals surface area contributed by atoms with Gasteiger partial charge in [0.1, 0.15) is 19.0 Å². The summed E-state index contributed by atoms with van der Waals surface area (Å²) in [5.41, 5.74) is 2.99. The average Bonchev–Trinajstić information content (AvgIpc) is 3.13. The summed E-state index contributed by atoms with van der Waals surface area (Å²) >= 11 is 6.79. The van der Waals surface area contributed by atoms with Crippen LogP contribution in [0.5, 0.6) is 17.2 Å². The van der Waals surface area contributed by atoms with Gasteiger partial charge < -0.3 is 14.2 Å². The number of benzene rings is 3. The van der Waals surface area contributed by atoms with Crippen molar-refractivity contribution < 1.29 is 23.8 Å². The van der Waals surface area contributed by atoms with Gasteiger partial charge >= 0.3 is 0 Å². The van der Waals surface area contributed by atoms with Crippen LogP contribution >= 0.6 is 23.4 Å². The van der Waals surface area contributed by atoms with Crippen molar-refractivity contribution in [2.75, 3.05) is 19.8 Å². The molecule has 186 valence electrons.